The number of carbonyl (C=O) groups excluding carboxylic acids is 2. The van der Waals surface area contributed by atoms with Crippen molar-refractivity contribution in [1.82, 2.24) is 4.90 Å². The van der Waals surface area contributed by atoms with Gasteiger partial charge in [-0.15, -0.1) is 0 Å². The van der Waals surface area contributed by atoms with Crippen LogP contribution in [-0.4, -0.2) is 42.3 Å². The van der Waals surface area contributed by atoms with Crippen LogP contribution in [0.1, 0.15) is 46.1 Å². The molecule has 1 atom stereocenters. The van der Waals surface area contributed by atoms with E-state index >= 15 is 0 Å². The minimum absolute atomic E-state index is 0.261. The Hall–Kier alpha value is -1.75. The van der Waals surface area contributed by atoms with Gasteiger partial charge in [0.15, 0.2) is 0 Å². The molecule has 0 bridgehead atoms. The van der Waals surface area contributed by atoms with Crippen molar-refractivity contribution in [1.29, 1.82) is 0 Å². The Bertz CT molecular complexity index is 638. The highest BCUT2D eigenvalue weighted by Gasteiger charge is 2.45. The van der Waals surface area contributed by atoms with Gasteiger partial charge in [0.25, 0.3) is 0 Å². The van der Waals surface area contributed by atoms with Crippen LogP contribution in [0.15, 0.2) is 24.3 Å². The average molecular weight is 382 g/mol. The zero-order valence-corrected chi connectivity index (χ0v) is 16.8. The van der Waals surface area contributed by atoms with Gasteiger partial charge < -0.3 is 14.4 Å². The SMILES string of the molecule is CCOC(=O)C1(Cc2ccc(Cl)cc2)CCCN(C(=O)OC(C)(C)C)C1. The fraction of sp³-hybridized carbons (Fsp3) is 0.600. The highest BCUT2D eigenvalue weighted by molar-refractivity contribution is 6.30. The van der Waals surface area contributed by atoms with E-state index in [-0.39, 0.29) is 12.1 Å². The molecule has 0 aliphatic carbocycles. The Morgan fingerprint density at radius 2 is 1.88 bits per heavy atom. The number of benzene rings is 1. The first-order chi connectivity index (χ1) is 12.1. The standard InChI is InChI=1S/C20H28ClNO4/c1-5-25-17(23)20(13-15-7-9-16(21)10-8-15)11-6-12-22(14-20)18(24)26-19(2,3)4/h7-10H,5-6,11-14H2,1-4H3. The van der Waals surface area contributed by atoms with E-state index in [4.69, 9.17) is 21.1 Å². The molecular formula is C20H28ClNO4. The van der Waals surface area contributed by atoms with Gasteiger partial charge in [0, 0.05) is 18.1 Å². The predicted octanol–water partition coefficient (Wildman–Crippen LogP) is 4.46. The molecule has 1 aromatic carbocycles. The molecule has 26 heavy (non-hydrogen) atoms. The van der Waals surface area contributed by atoms with Gasteiger partial charge in [-0.2, -0.15) is 0 Å². The zero-order valence-electron chi connectivity index (χ0n) is 16.0. The van der Waals surface area contributed by atoms with Crippen LogP contribution >= 0.6 is 11.6 Å². The van der Waals surface area contributed by atoms with E-state index in [0.29, 0.717) is 37.6 Å². The van der Waals surface area contributed by atoms with Gasteiger partial charge in [0.2, 0.25) is 0 Å². The quantitative estimate of drug-likeness (QED) is 0.722. The number of likely N-dealkylation sites (tertiary alicyclic amines) is 1. The third-order valence-corrected chi connectivity index (χ3v) is 4.64. The van der Waals surface area contributed by atoms with E-state index in [1.165, 1.54) is 0 Å². The van der Waals surface area contributed by atoms with Crippen molar-refractivity contribution in [3.8, 4) is 0 Å². The zero-order chi connectivity index (χ0) is 19.4. The molecule has 6 heteroatoms. The van der Waals surface area contributed by atoms with Gasteiger partial charge in [0.05, 0.1) is 12.0 Å². The number of esters is 1. The van der Waals surface area contributed by atoms with Crippen molar-refractivity contribution in [2.45, 2.75) is 52.6 Å². The van der Waals surface area contributed by atoms with Crippen LogP contribution in [-0.2, 0) is 20.7 Å². The molecule has 2 rings (SSSR count). The van der Waals surface area contributed by atoms with Crippen LogP contribution in [0.25, 0.3) is 0 Å². The second-order valence-corrected chi connectivity index (χ2v) is 8.25. The summed E-state index contributed by atoms with van der Waals surface area (Å²) >= 11 is 5.97. The fourth-order valence-electron chi connectivity index (χ4n) is 3.27. The molecule has 1 amide bonds. The van der Waals surface area contributed by atoms with Crippen LogP contribution in [0.3, 0.4) is 0 Å². The molecule has 1 aliphatic heterocycles. The first-order valence-electron chi connectivity index (χ1n) is 9.05. The summed E-state index contributed by atoms with van der Waals surface area (Å²) in [6.07, 6.45) is 1.52. The maximum atomic E-state index is 12.8. The van der Waals surface area contributed by atoms with Crippen molar-refractivity contribution in [3.63, 3.8) is 0 Å². The lowest BCUT2D eigenvalue weighted by Crippen LogP contribution is -2.52. The summed E-state index contributed by atoms with van der Waals surface area (Å²) in [4.78, 5) is 27.0. The molecule has 1 unspecified atom stereocenters. The number of halogens is 1. The Labute approximate surface area is 160 Å². The largest absolute Gasteiger partial charge is 0.466 e. The van der Waals surface area contributed by atoms with Crippen LogP contribution in [0.5, 0.6) is 0 Å². The molecule has 1 saturated heterocycles. The smallest absolute Gasteiger partial charge is 0.410 e. The van der Waals surface area contributed by atoms with Crippen molar-refractivity contribution >= 4 is 23.7 Å². The van der Waals surface area contributed by atoms with Crippen LogP contribution in [0, 0.1) is 5.41 Å². The minimum Gasteiger partial charge on any atom is -0.466 e. The average Bonchev–Trinajstić information content (AvgIpc) is 2.56. The lowest BCUT2D eigenvalue weighted by molar-refractivity contribution is -0.158. The maximum absolute atomic E-state index is 12.8. The summed E-state index contributed by atoms with van der Waals surface area (Å²) < 4.78 is 10.9. The Balaban J connectivity index is 2.24. The molecule has 0 aromatic heterocycles. The van der Waals surface area contributed by atoms with Crippen molar-refractivity contribution in [2.75, 3.05) is 19.7 Å². The van der Waals surface area contributed by atoms with Crippen molar-refractivity contribution in [2.24, 2.45) is 5.41 Å². The highest BCUT2D eigenvalue weighted by Crippen LogP contribution is 2.36. The maximum Gasteiger partial charge on any atom is 0.410 e. The number of amides is 1. The van der Waals surface area contributed by atoms with Gasteiger partial charge in [-0.1, -0.05) is 23.7 Å². The van der Waals surface area contributed by atoms with E-state index in [1.54, 1.807) is 11.8 Å². The molecule has 0 N–H and O–H groups in total. The van der Waals surface area contributed by atoms with Crippen LogP contribution < -0.4 is 0 Å². The molecular weight excluding hydrogens is 354 g/mol. The lowest BCUT2D eigenvalue weighted by Gasteiger charge is -2.41. The summed E-state index contributed by atoms with van der Waals surface area (Å²) in [6, 6.07) is 7.44. The fourth-order valence-corrected chi connectivity index (χ4v) is 3.40. The predicted molar refractivity (Wildman–Crippen MR) is 101 cm³/mol. The summed E-state index contributed by atoms with van der Waals surface area (Å²) in [6.45, 7) is 8.49. The molecule has 144 valence electrons. The third kappa shape index (κ3) is 5.37. The summed E-state index contributed by atoms with van der Waals surface area (Å²) in [5, 5.41) is 0.651. The minimum atomic E-state index is -0.765. The van der Waals surface area contributed by atoms with Gasteiger partial charge in [0.1, 0.15) is 5.60 Å². The third-order valence-electron chi connectivity index (χ3n) is 4.39. The Morgan fingerprint density at radius 1 is 1.23 bits per heavy atom. The van der Waals surface area contributed by atoms with E-state index in [0.717, 1.165) is 12.0 Å². The molecule has 0 saturated carbocycles. The van der Waals surface area contributed by atoms with Gasteiger partial charge >= 0.3 is 12.1 Å². The van der Waals surface area contributed by atoms with Crippen molar-refractivity contribution < 1.29 is 19.1 Å². The molecule has 0 spiro atoms. The summed E-state index contributed by atoms with van der Waals surface area (Å²) in [5.41, 5.74) is -0.343. The lowest BCUT2D eigenvalue weighted by atomic mass is 9.75. The second kappa shape index (κ2) is 8.30. The first-order valence-corrected chi connectivity index (χ1v) is 9.42. The number of ether oxygens (including phenoxy) is 2. The van der Waals surface area contributed by atoms with E-state index < -0.39 is 11.0 Å². The van der Waals surface area contributed by atoms with Crippen LogP contribution in [0.4, 0.5) is 4.79 Å². The van der Waals surface area contributed by atoms with E-state index in [1.807, 2.05) is 45.0 Å². The monoisotopic (exact) mass is 381 g/mol. The van der Waals surface area contributed by atoms with Crippen molar-refractivity contribution in [3.05, 3.63) is 34.9 Å². The summed E-state index contributed by atoms with van der Waals surface area (Å²) in [7, 11) is 0. The van der Waals surface area contributed by atoms with E-state index in [2.05, 4.69) is 0 Å². The number of carbonyl (C=O) groups is 2. The Kier molecular flexibility index (Phi) is 6.56. The topological polar surface area (TPSA) is 55.8 Å². The molecule has 5 nitrogen and oxygen atoms in total. The highest BCUT2D eigenvalue weighted by atomic mass is 35.5. The van der Waals surface area contributed by atoms with Crippen LogP contribution in [0.2, 0.25) is 5.02 Å². The second-order valence-electron chi connectivity index (χ2n) is 7.81. The molecule has 1 fully saturated rings. The van der Waals surface area contributed by atoms with Gasteiger partial charge in [-0.05, 0) is 64.7 Å². The first kappa shape index (κ1) is 20.6. The Morgan fingerprint density at radius 3 is 2.46 bits per heavy atom. The number of nitrogens with zero attached hydrogens (tertiary/aromatic N) is 1. The van der Waals surface area contributed by atoms with Gasteiger partial charge in [-0.3, -0.25) is 4.79 Å². The molecule has 1 aromatic rings. The number of hydrogen-bond acceptors (Lipinski definition) is 4. The molecule has 1 aliphatic rings. The summed E-state index contributed by atoms with van der Waals surface area (Å²) in [5.74, 6) is -0.261. The number of hydrogen-bond donors (Lipinski definition) is 0. The molecule has 1 heterocycles. The van der Waals surface area contributed by atoms with E-state index in [9.17, 15) is 9.59 Å². The number of piperidine rings is 1. The normalized spacial score (nSPS) is 20.6. The van der Waals surface area contributed by atoms with Gasteiger partial charge in [-0.25, -0.2) is 4.79 Å². The molecule has 0 radical (unpaired) electrons. The number of rotatable bonds is 4.